The number of hydrogen-bond acceptors (Lipinski definition) is 13. The summed E-state index contributed by atoms with van der Waals surface area (Å²) in [5.74, 6) is -7.57. The lowest BCUT2D eigenvalue weighted by molar-refractivity contribution is -0.132. The van der Waals surface area contributed by atoms with E-state index in [1.165, 1.54) is 6.92 Å². The summed E-state index contributed by atoms with van der Waals surface area (Å²) in [7, 11) is 0. The van der Waals surface area contributed by atoms with Gasteiger partial charge < -0.3 is 69.5 Å². The molecule has 23 atom stereocenters. The van der Waals surface area contributed by atoms with Crippen LogP contribution in [0.4, 0.5) is 0 Å². The summed E-state index contributed by atoms with van der Waals surface area (Å²) in [5.41, 5.74) is 5.62. The zero-order chi connectivity index (χ0) is 71.6. The van der Waals surface area contributed by atoms with Crippen molar-refractivity contribution in [2.75, 3.05) is 0 Å². The van der Waals surface area contributed by atoms with Crippen molar-refractivity contribution in [3.8, 4) is 0 Å². The maximum atomic E-state index is 14.3. The Kier molecular flexibility index (Phi) is 25.8. The highest BCUT2D eigenvalue weighted by Gasteiger charge is 2.48. The number of amides is 13. The van der Waals surface area contributed by atoms with E-state index in [1.54, 1.807) is 0 Å². The molecule has 11 aliphatic rings. The Morgan fingerprint density at radius 1 is 0.267 bits per heavy atom. The molecule has 11 fully saturated rings. The molecule has 0 unspecified atom stereocenters. The smallest absolute Gasteiger partial charge is 0.225 e. The molecular weight excluding hydrogens is 1290 g/mol. The molecule has 11 saturated carbocycles. The summed E-state index contributed by atoms with van der Waals surface area (Å²) in [6, 6.07) is -4.54. The van der Waals surface area contributed by atoms with Gasteiger partial charge in [-0.3, -0.25) is 62.3 Å². The average Bonchev–Trinajstić information content (AvgIpc) is 1.70. The molecule has 0 saturated heterocycles. The second-order valence-corrected chi connectivity index (χ2v) is 32.9. The molecule has 14 N–H and O–H groups in total. The van der Waals surface area contributed by atoms with E-state index in [0.29, 0.717) is 141 Å². The van der Waals surface area contributed by atoms with Gasteiger partial charge in [0.2, 0.25) is 76.8 Å². The van der Waals surface area contributed by atoms with Crippen LogP contribution in [0.25, 0.3) is 0 Å². The van der Waals surface area contributed by atoms with Gasteiger partial charge in [0.15, 0.2) is 0 Å². The summed E-state index contributed by atoms with van der Waals surface area (Å²) in [6.45, 7) is 5.52. The van der Waals surface area contributed by atoms with Gasteiger partial charge in [-0.2, -0.15) is 0 Å². The Morgan fingerprint density at radius 2 is 0.455 bits per heavy atom. The number of rotatable bonds is 27. The molecule has 0 heterocycles. The first-order chi connectivity index (χ1) is 48.6. The van der Waals surface area contributed by atoms with Gasteiger partial charge in [0.1, 0.15) is 0 Å². The highest BCUT2D eigenvalue weighted by Crippen LogP contribution is 2.38. The van der Waals surface area contributed by atoms with Crippen LogP contribution in [-0.4, -0.2) is 149 Å². The standard InChI is InChI=1S/C75H117N13O13/c1-39(2)37-41(78-66(92)45-18-7-29-56(45)81-67(93)43-16-5-27-54(43)77-40(3)89)38-64(90)79-55-28-6-17-44(55)68(94)82-58-31-9-20-47(58)70(96)84-60-33-11-22-49(60)72(98)86-62-35-13-24-51(62)74(100)88-63-36-14-25-52(63)75(101)87-61-34-12-23-50(61)73(99)85-59-32-10-21-48(59)71(97)83-57-30-8-19-46(57)69(95)80-53-26-4-15-42(53)65(76)91/h39,41-63H,4-38H2,1-3H3,(H2,76,91)(H,77,89)(H,78,92)(H,79,90)(H,80,95)(H,81,93)(H,82,94)(H,83,97)(H,84,96)(H,85,99)(H,86,98)(H,87,101)(H,88,100)/t41-,42-,43-,44-,45-,46-,47-,48-,49-,50-,51-,52-,53-,54-,55-,56-,57-,58-,59-,60-,61-,62-,63-/m0/s1. The maximum absolute atomic E-state index is 14.3. The molecule has 101 heavy (non-hydrogen) atoms. The average molecular weight is 1410 g/mol. The molecule has 0 aromatic rings. The molecule has 0 spiro atoms. The number of nitrogens with one attached hydrogen (secondary N) is 12. The van der Waals surface area contributed by atoms with E-state index in [1.807, 2.05) is 13.8 Å². The second-order valence-electron chi connectivity index (χ2n) is 32.9. The van der Waals surface area contributed by atoms with E-state index in [2.05, 4.69) is 63.8 Å². The monoisotopic (exact) mass is 1410 g/mol. The van der Waals surface area contributed by atoms with E-state index in [-0.39, 0.29) is 125 Å². The third-order valence-corrected chi connectivity index (χ3v) is 25.6. The zero-order valence-electron chi connectivity index (χ0n) is 60.0. The Bertz CT molecular complexity index is 3060. The van der Waals surface area contributed by atoms with E-state index in [4.69, 9.17) is 5.73 Å². The molecule has 0 bridgehead atoms. The van der Waals surface area contributed by atoms with Crippen molar-refractivity contribution in [1.82, 2.24) is 63.8 Å². The highest BCUT2D eigenvalue weighted by atomic mass is 16.2. The fraction of sp³-hybridized carbons (Fsp3) is 0.827. The van der Waals surface area contributed by atoms with Crippen molar-refractivity contribution in [2.45, 2.75) is 318 Å². The van der Waals surface area contributed by atoms with E-state index in [9.17, 15) is 62.3 Å². The van der Waals surface area contributed by atoms with Crippen LogP contribution >= 0.6 is 0 Å². The fourth-order valence-electron chi connectivity index (χ4n) is 20.4. The summed E-state index contributed by atoms with van der Waals surface area (Å²) >= 11 is 0. The maximum Gasteiger partial charge on any atom is 0.225 e. The Balaban J connectivity index is 0.604. The molecule has 11 rings (SSSR count). The lowest BCUT2D eigenvalue weighted by Crippen LogP contribution is -2.54. The Hall–Kier alpha value is -6.89. The largest absolute Gasteiger partial charge is 0.369 e. The van der Waals surface area contributed by atoms with E-state index < -0.39 is 101 Å². The van der Waals surface area contributed by atoms with Gasteiger partial charge in [0.05, 0.1) is 65.1 Å². The number of nitrogens with two attached hydrogens (primary N) is 1. The first-order valence-electron chi connectivity index (χ1n) is 39.5. The highest BCUT2D eigenvalue weighted by molar-refractivity contribution is 5.90. The first-order valence-corrected chi connectivity index (χ1v) is 39.5. The van der Waals surface area contributed by atoms with Crippen molar-refractivity contribution < 1.29 is 62.3 Å². The topological polar surface area (TPSA) is 392 Å². The van der Waals surface area contributed by atoms with Crippen LogP contribution in [0.15, 0.2) is 0 Å². The van der Waals surface area contributed by atoms with Crippen molar-refractivity contribution in [2.24, 2.45) is 76.7 Å². The Morgan fingerprint density at radius 3 is 0.663 bits per heavy atom. The van der Waals surface area contributed by atoms with Crippen LogP contribution in [0.3, 0.4) is 0 Å². The van der Waals surface area contributed by atoms with Gasteiger partial charge >= 0.3 is 0 Å². The number of primary amides is 1. The predicted octanol–water partition coefficient (Wildman–Crippen LogP) is 3.55. The van der Waals surface area contributed by atoms with Crippen LogP contribution < -0.4 is 69.5 Å². The lowest BCUT2D eigenvalue weighted by atomic mass is 9.95. The molecule has 0 radical (unpaired) electrons. The number of hydrogen-bond donors (Lipinski definition) is 13. The van der Waals surface area contributed by atoms with Crippen molar-refractivity contribution >= 4 is 76.8 Å². The SMILES string of the molecule is CC(=O)N[C@H]1CCC[C@@H]1C(=O)N[C@H]1CCC[C@@H]1C(=O)N[C@H](CC(=O)N[C@H]1CCC[C@@H]1C(=O)N[C@H]1CCC[C@@H]1C(=O)N[C@H]1CCC[C@@H]1C(=O)N[C@H]1CCC[C@@H]1C(=O)N[C@H]1CCC[C@@H]1C(=O)N[C@H]1CCC[C@@H]1C(=O)N[C@H]1CCC[C@@H]1C(=O)N[C@H]1CCC[C@@H]1C(=O)N[C@H]1CCC[C@@H]1C(N)=O)CC(C)C. The third kappa shape index (κ3) is 18.7. The van der Waals surface area contributed by atoms with Gasteiger partial charge in [-0.05, 0) is 154 Å². The summed E-state index contributed by atoms with van der Waals surface area (Å²) < 4.78 is 0. The Labute approximate surface area is 595 Å². The molecular formula is C75H117N13O13. The second kappa shape index (κ2) is 34.6. The van der Waals surface area contributed by atoms with Crippen molar-refractivity contribution in [3.63, 3.8) is 0 Å². The van der Waals surface area contributed by atoms with Gasteiger partial charge in [-0.25, -0.2) is 0 Å². The lowest BCUT2D eigenvalue weighted by Gasteiger charge is -2.29. The molecule has 0 aromatic heterocycles. The van der Waals surface area contributed by atoms with E-state index >= 15 is 0 Å². The normalized spacial score (nSPS) is 36.0. The first kappa shape index (κ1) is 75.3. The van der Waals surface area contributed by atoms with Crippen LogP contribution in [0.5, 0.6) is 0 Å². The fourth-order valence-corrected chi connectivity index (χ4v) is 20.4. The minimum absolute atomic E-state index is 0.0328. The van der Waals surface area contributed by atoms with Crippen LogP contribution in [-0.2, 0) is 62.3 Å². The summed E-state index contributed by atoms with van der Waals surface area (Å²) in [4.78, 5) is 178. The van der Waals surface area contributed by atoms with Gasteiger partial charge in [0, 0.05) is 85.8 Å². The van der Waals surface area contributed by atoms with Crippen LogP contribution in [0.2, 0.25) is 0 Å². The van der Waals surface area contributed by atoms with Gasteiger partial charge in [-0.1, -0.05) is 84.5 Å². The van der Waals surface area contributed by atoms with Crippen molar-refractivity contribution in [3.05, 3.63) is 0 Å². The number of carbonyl (C=O) groups is 13. The molecule has 26 nitrogen and oxygen atoms in total. The third-order valence-electron chi connectivity index (χ3n) is 25.6. The van der Waals surface area contributed by atoms with Gasteiger partial charge in [-0.15, -0.1) is 0 Å². The van der Waals surface area contributed by atoms with Crippen LogP contribution in [0, 0.1) is 71.0 Å². The molecule has 13 amide bonds. The minimum atomic E-state index is -0.504. The predicted molar refractivity (Wildman–Crippen MR) is 373 cm³/mol. The van der Waals surface area contributed by atoms with E-state index in [0.717, 1.165) is 77.0 Å². The summed E-state index contributed by atoms with van der Waals surface area (Å²) in [5, 5.41) is 37.8. The van der Waals surface area contributed by atoms with Gasteiger partial charge in [0.25, 0.3) is 0 Å². The van der Waals surface area contributed by atoms with Crippen LogP contribution in [0.1, 0.15) is 245 Å². The minimum Gasteiger partial charge on any atom is -0.369 e. The zero-order valence-corrected chi connectivity index (χ0v) is 60.0. The number of carbonyl (C=O) groups excluding carboxylic acids is 13. The quantitative estimate of drug-likeness (QED) is 0.0560. The molecule has 26 heteroatoms. The summed E-state index contributed by atoms with van der Waals surface area (Å²) in [6.07, 6.45) is 22.7. The molecule has 560 valence electrons. The van der Waals surface area contributed by atoms with Crippen molar-refractivity contribution in [1.29, 1.82) is 0 Å². The molecule has 11 aliphatic carbocycles. The molecule has 0 aromatic carbocycles. The molecule has 0 aliphatic heterocycles.